The molecule has 0 saturated heterocycles. The lowest BCUT2D eigenvalue weighted by molar-refractivity contribution is -0.297. The molecule has 0 bridgehead atoms. The lowest BCUT2D eigenvalue weighted by Gasteiger charge is -2.24. The van der Waals surface area contributed by atoms with Crippen molar-refractivity contribution in [1.29, 1.82) is 0 Å². The van der Waals surface area contributed by atoms with Crippen molar-refractivity contribution in [3.63, 3.8) is 0 Å². The number of benzene rings is 1. The highest BCUT2D eigenvalue weighted by Crippen LogP contribution is 2.52. The Morgan fingerprint density at radius 2 is 1.00 bits per heavy atom. The molecule has 0 saturated carbocycles. The molecule has 0 aliphatic rings. The van der Waals surface area contributed by atoms with Crippen LogP contribution < -0.4 is 24.3 Å². The van der Waals surface area contributed by atoms with Gasteiger partial charge in [-0.2, -0.15) is 0 Å². The molecule has 0 amide bonds. The maximum absolute atomic E-state index is 12.6. The quantitative estimate of drug-likeness (QED) is 0.610. The van der Waals surface area contributed by atoms with E-state index in [0.717, 1.165) is 7.05 Å². The van der Waals surface area contributed by atoms with Crippen LogP contribution >= 0.6 is 0 Å². The summed E-state index contributed by atoms with van der Waals surface area (Å²) in [6, 6.07) is -0.0879. The van der Waals surface area contributed by atoms with Crippen molar-refractivity contribution in [1.82, 2.24) is 5.32 Å². The summed E-state index contributed by atoms with van der Waals surface area (Å²) in [5, 5.41) is 2.07. The van der Waals surface area contributed by atoms with E-state index in [1.807, 2.05) is 0 Å². The van der Waals surface area contributed by atoms with E-state index >= 15 is 0 Å². The molecule has 17 heteroatoms. The van der Waals surface area contributed by atoms with Crippen LogP contribution in [0.5, 0.6) is 23.0 Å². The van der Waals surface area contributed by atoms with Crippen molar-refractivity contribution in [2.45, 2.75) is 32.0 Å². The van der Waals surface area contributed by atoms with Gasteiger partial charge in [-0.3, -0.25) is 0 Å². The summed E-state index contributed by atoms with van der Waals surface area (Å²) in [5.74, 6) is -9.07. The van der Waals surface area contributed by atoms with Crippen LogP contribution in [0.25, 0.3) is 0 Å². The molecular weight excluding hydrogens is 450 g/mol. The lowest BCUT2D eigenvalue weighted by atomic mass is 10.1. The molecule has 5 nitrogen and oxygen atoms in total. The van der Waals surface area contributed by atoms with Crippen LogP contribution in [0.15, 0.2) is 6.07 Å². The number of alkyl halides is 12. The first kappa shape index (κ1) is 24.6. The molecule has 0 unspecified atom stereocenters. The van der Waals surface area contributed by atoms with Gasteiger partial charge in [0.15, 0.2) is 11.5 Å². The Labute approximate surface area is 152 Å². The first-order valence-corrected chi connectivity index (χ1v) is 6.69. The highest BCUT2D eigenvalue weighted by atomic mass is 19.4. The van der Waals surface area contributed by atoms with Crippen LogP contribution in [0.2, 0.25) is 0 Å². The number of hydrogen-bond acceptors (Lipinski definition) is 5. The Morgan fingerprint density at radius 1 is 0.621 bits per heavy atom. The van der Waals surface area contributed by atoms with Crippen LogP contribution in [0.3, 0.4) is 0 Å². The smallest absolute Gasteiger partial charge is 0.402 e. The van der Waals surface area contributed by atoms with Crippen LogP contribution in [0, 0.1) is 0 Å². The molecule has 168 valence electrons. The number of rotatable bonds is 6. The number of nitrogens with one attached hydrogen (secondary N) is 1. The Kier molecular flexibility index (Phi) is 6.88. The Bertz CT molecular complexity index is 707. The molecule has 1 rings (SSSR count). The van der Waals surface area contributed by atoms with Crippen molar-refractivity contribution in [2.24, 2.45) is 0 Å². The molecule has 0 fully saturated rings. The maximum Gasteiger partial charge on any atom is 0.573 e. The van der Waals surface area contributed by atoms with Gasteiger partial charge in [0.1, 0.15) is 0 Å². The SMILES string of the molecule is CNCc1cc(OC(F)(F)F)c(OC(F)(F)F)c(OC(F)(F)F)c1OC(F)(F)F. The van der Waals surface area contributed by atoms with Crippen molar-refractivity contribution >= 4 is 0 Å². The van der Waals surface area contributed by atoms with Crippen molar-refractivity contribution in [2.75, 3.05) is 7.05 Å². The van der Waals surface area contributed by atoms with E-state index in [1.54, 1.807) is 0 Å². The van der Waals surface area contributed by atoms with E-state index < -0.39 is 60.6 Å². The molecule has 1 aromatic rings. The highest BCUT2D eigenvalue weighted by molar-refractivity contribution is 5.63. The van der Waals surface area contributed by atoms with E-state index in [1.165, 1.54) is 0 Å². The van der Waals surface area contributed by atoms with Gasteiger partial charge >= 0.3 is 25.4 Å². The zero-order chi connectivity index (χ0) is 22.8. The van der Waals surface area contributed by atoms with Gasteiger partial charge < -0.3 is 24.3 Å². The van der Waals surface area contributed by atoms with Crippen molar-refractivity contribution in [3.8, 4) is 23.0 Å². The number of hydrogen-bond donors (Lipinski definition) is 1. The van der Waals surface area contributed by atoms with Crippen LogP contribution in [0.4, 0.5) is 52.7 Å². The van der Waals surface area contributed by atoms with E-state index in [-0.39, 0.29) is 6.07 Å². The van der Waals surface area contributed by atoms with E-state index in [4.69, 9.17) is 0 Å². The number of ether oxygens (including phenoxy) is 4. The maximum atomic E-state index is 12.6. The largest absolute Gasteiger partial charge is 0.573 e. The summed E-state index contributed by atoms with van der Waals surface area (Å²) in [5.41, 5.74) is -1.13. The second-order valence-corrected chi connectivity index (χ2v) is 4.74. The molecule has 29 heavy (non-hydrogen) atoms. The summed E-state index contributed by atoms with van der Waals surface area (Å²) < 4.78 is 163. The van der Waals surface area contributed by atoms with Crippen LogP contribution in [-0.2, 0) is 6.54 Å². The van der Waals surface area contributed by atoms with Crippen molar-refractivity contribution < 1.29 is 71.6 Å². The number of halogens is 12. The summed E-state index contributed by atoms with van der Waals surface area (Å²) in [6.45, 7) is -0.903. The molecule has 0 radical (unpaired) electrons. The summed E-state index contributed by atoms with van der Waals surface area (Å²) in [7, 11) is 1.01. The minimum Gasteiger partial charge on any atom is -0.402 e. The molecular formula is C12H7F12NO4. The zero-order valence-corrected chi connectivity index (χ0v) is 13.5. The van der Waals surface area contributed by atoms with Gasteiger partial charge in [0.2, 0.25) is 11.5 Å². The molecule has 0 heterocycles. The average molecular weight is 457 g/mol. The first-order valence-electron chi connectivity index (χ1n) is 6.69. The standard InChI is InChI=1S/C12H7F12NO4/c1-25-3-4-2-5(26-9(13,14)15)7(28-11(19,20)21)8(29-12(22,23)24)6(4)27-10(16,17)18/h2,25H,3H2,1H3. The van der Waals surface area contributed by atoms with Gasteiger partial charge in [0.05, 0.1) is 0 Å². The molecule has 0 spiro atoms. The molecule has 0 aromatic heterocycles. The van der Waals surface area contributed by atoms with Crippen molar-refractivity contribution in [3.05, 3.63) is 11.6 Å². The fraction of sp³-hybridized carbons (Fsp3) is 0.500. The molecule has 0 aliphatic heterocycles. The van der Waals surface area contributed by atoms with Gasteiger partial charge in [0.25, 0.3) is 0 Å². The summed E-state index contributed by atoms with van der Waals surface area (Å²) in [4.78, 5) is 0. The second-order valence-electron chi connectivity index (χ2n) is 4.74. The summed E-state index contributed by atoms with van der Waals surface area (Å²) in [6.07, 6.45) is -23.4. The molecule has 0 atom stereocenters. The summed E-state index contributed by atoms with van der Waals surface area (Å²) >= 11 is 0. The third kappa shape index (κ3) is 8.61. The van der Waals surface area contributed by atoms with Gasteiger partial charge in [-0.25, -0.2) is 0 Å². The average Bonchev–Trinajstić information content (AvgIpc) is 2.41. The molecule has 1 aromatic carbocycles. The fourth-order valence-corrected chi connectivity index (χ4v) is 1.82. The Morgan fingerprint density at radius 3 is 1.38 bits per heavy atom. The topological polar surface area (TPSA) is 49.0 Å². The molecule has 1 N–H and O–H groups in total. The van der Waals surface area contributed by atoms with Crippen LogP contribution in [0.1, 0.15) is 5.56 Å². The predicted octanol–water partition coefficient (Wildman–Crippen LogP) is 5.00. The fourth-order valence-electron chi connectivity index (χ4n) is 1.82. The predicted molar refractivity (Wildman–Crippen MR) is 65.9 cm³/mol. The Balaban J connectivity index is 3.90. The van der Waals surface area contributed by atoms with Gasteiger partial charge in [0, 0.05) is 12.1 Å². The van der Waals surface area contributed by atoms with Gasteiger partial charge in [-0.15, -0.1) is 52.7 Å². The highest BCUT2D eigenvalue weighted by Gasteiger charge is 2.45. The second kappa shape index (κ2) is 8.11. The Hall–Kier alpha value is -2.46. The lowest BCUT2D eigenvalue weighted by Crippen LogP contribution is -2.26. The first-order chi connectivity index (χ1) is 12.8. The molecule has 0 aliphatic carbocycles. The third-order valence-electron chi connectivity index (χ3n) is 2.48. The van der Waals surface area contributed by atoms with E-state index in [2.05, 4.69) is 24.3 Å². The van der Waals surface area contributed by atoms with Gasteiger partial charge in [-0.1, -0.05) is 0 Å². The van der Waals surface area contributed by atoms with Crippen LogP contribution in [-0.4, -0.2) is 32.5 Å². The monoisotopic (exact) mass is 457 g/mol. The third-order valence-corrected chi connectivity index (χ3v) is 2.48. The normalized spacial score (nSPS) is 13.3. The van der Waals surface area contributed by atoms with Gasteiger partial charge in [-0.05, 0) is 13.1 Å². The van der Waals surface area contributed by atoms with E-state index in [9.17, 15) is 52.7 Å². The minimum atomic E-state index is -5.96. The van der Waals surface area contributed by atoms with E-state index in [0.29, 0.717) is 0 Å². The minimum absolute atomic E-state index is 0.0879. The zero-order valence-electron chi connectivity index (χ0n) is 13.5.